The molecular formula is C23H30ClN3O3S. The lowest BCUT2D eigenvalue weighted by atomic mass is 10.1. The largest absolute Gasteiger partial charge is 0.336 e. The second-order valence-corrected chi connectivity index (χ2v) is 9.98. The number of rotatable bonds is 5. The Morgan fingerprint density at radius 1 is 0.806 bits per heavy atom. The van der Waals surface area contributed by atoms with Crippen LogP contribution < -0.4 is 0 Å². The zero-order valence-electron chi connectivity index (χ0n) is 17.7. The molecule has 2 aromatic carbocycles. The number of carbonyl (C=O) groups is 1. The quantitative estimate of drug-likeness (QED) is 0.683. The highest BCUT2D eigenvalue weighted by molar-refractivity contribution is 7.89. The van der Waals surface area contributed by atoms with Crippen molar-refractivity contribution in [3.05, 3.63) is 65.7 Å². The van der Waals surface area contributed by atoms with Gasteiger partial charge in [0.2, 0.25) is 10.0 Å². The van der Waals surface area contributed by atoms with Gasteiger partial charge in [-0.3, -0.25) is 9.69 Å². The normalized spacial score (nSPS) is 18.4. The molecular weight excluding hydrogens is 434 g/mol. The molecule has 0 bridgehead atoms. The summed E-state index contributed by atoms with van der Waals surface area (Å²) in [6.45, 7) is 4.92. The van der Waals surface area contributed by atoms with Crippen molar-refractivity contribution in [2.45, 2.75) is 30.7 Å². The lowest BCUT2D eigenvalue weighted by molar-refractivity contribution is 0.0628. The molecule has 2 aliphatic rings. The van der Waals surface area contributed by atoms with Crippen LogP contribution in [0.15, 0.2) is 59.5 Å². The molecule has 0 saturated carbocycles. The van der Waals surface area contributed by atoms with Gasteiger partial charge in [-0.15, -0.1) is 12.4 Å². The molecule has 168 valence electrons. The summed E-state index contributed by atoms with van der Waals surface area (Å²) in [5.74, 6) is -0.0925. The number of benzene rings is 2. The Kier molecular flexibility index (Phi) is 8.11. The highest BCUT2D eigenvalue weighted by Gasteiger charge is 2.28. The van der Waals surface area contributed by atoms with Crippen LogP contribution in [-0.2, 0) is 16.6 Å². The fraction of sp³-hybridized carbons (Fsp3) is 0.435. The summed E-state index contributed by atoms with van der Waals surface area (Å²) in [7, 11) is -3.54. The summed E-state index contributed by atoms with van der Waals surface area (Å²) in [4.78, 5) is 17.4. The summed E-state index contributed by atoms with van der Waals surface area (Å²) in [6.07, 6.45) is 2.86. The Labute approximate surface area is 191 Å². The Bertz CT molecular complexity index is 971. The number of sulfonamides is 1. The summed E-state index contributed by atoms with van der Waals surface area (Å²) in [5, 5.41) is 0. The fourth-order valence-electron chi connectivity index (χ4n) is 4.18. The second-order valence-electron chi connectivity index (χ2n) is 8.05. The van der Waals surface area contributed by atoms with Crippen LogP contribution in [-0.4, -0.2) is 67.7 Å². The molecule has 0 unspecified atom stereocenters. The first-order chi connectivity index (χ1) is 14.5. The van der Waals surface area contributed by atoms with Crippen molar-refractivity contribution < 1.29 is 13.2 Å². The van der Waals surface area contributed by atoms with Crippen LogP contribution >= 0.6 is 12.4 Å². The third kappa shape index (κ3) is 5.66. The van der Waals surface area contributed by atoms with Crippen LogP contribution in [0.4, 0.5) is 0 Å². The zero-order valence-corrected chi connectivity index (χ0v) is 19.3. The van der Waals surface area contributed by atoms with Crippen molar-refractivity contribution >= 4 is 28.3 Å². The van der Waals surface area contributed by atoms with E-state index in [4.69, 9.17) is 0 Å². The predicted octanol–water partition coefficient (Wildman–Crippen LogP) is 3.24. The molecule has 31 heavy (non-hydrogen) atoms. The van der Waals surface area contributed by atoms with Crippen LogP contribution in [0.25, 0.3) is 0 Å². The molecule has 6 nitrogen and oxygen atoms in total. The minimum absolute atomic E-state index is 0. The van der Waals surface area contributed by atoms with Gasteiger partial charge in [0.05, 0.1) is 4.90 Å². The Balaban J connectivity index is 0.00000272. The maximum Gasteiger partial charge on any atom is 0.253 e. The van der Waals surface area contributed by atoms with Crippen molar-refractivity contribution in [3.8, 4) is 0 Å². The maximum atomic E-state index is 13.0. The third-order valence-corrected chi connectivity index (χ3v) is 7.84. The molecule has 2 fully saturated rings. The maximum absolute atomic E-state index is 13.0. The molecule has 0 radical (unpaired) electrons. The average Bonchev–Trinajstić information content (AvgIpc) is 2.80. The summed E-state index contributed by atoms with van der Waals surface area (Å²) >= 11 is 0. The Hall–Kier alpha value is -1.93. The Morgan fingerprint density at radius 2 is 1.48 bits per heavy atom. The van der Waals surface area contributed by atoms with E-state index in [1.165, 1.54) is 5.56 Å². The first-order valence-corrected chi connectivity index (χ1v) is 12.1. The van der Waals surface area contributed by atoms with Gasteiger partial charge < -0.3 is 4.90 Å². The molecule has 2 heterocycles. The molecule has 0 atom stereocenters. The van der Waals surface area contributed by atoms with Crippen LogP contribution in [0.3, 0.4) is 0 Å². The SMILES string of the molecule is Cl.O=C(c1cccc(S(=O)(=O)N2CCCCC2)c1)N1CCN(Cc2ccccc2)CC1. The number of hydrogen-bond acceptors (Lipinski definition) is 4. The van der Waals surface area contributed by atoms with Crippen molar-refractivity contribution in [1.82, 2.24) is 14.1 Å². The highest BCUT2D eigenvalue weighted by atomic mass is 35.5. The Morgan fingerprint density at radius 3 is 2.16 bits per heavy atom. The van der Waals surface area contributed by atoms with Gasteiger partial charge in [-0.2, -0.15) is 4.31 Å². The number of piperazine rings is 1. The van der Waals surface area contributed by atoms with Crippen molar-refractivity contribution in [1.29, 1.82) is 0 Å². The summed E-state index contributed by atoms with van der Waals surface area (Å²) in [5.41, 5.74) is 1.72. The molecule has 0 aliphatic carbocycles. The monoisotopic (exact) mass is 463 g/mol. The highest BCUT2D eigenvalue weighted by Crippen LogP contribution is 2.22. The van der Waals surface area contributed by atoms with E-state index in [2.05, 4.69) is 17.0 Å². The van der Waals surface area contributed by atoms with E-state index in [1.54, 1.807) is 28.6 Å². The lowest BCUT2D eigenvalue weighted by Gasteiger charge is -2.35. The molecule has 8 heteroatoms. The van der Waals surface area contributed by atoms with E-state index in [-0.39, 0.29) is 23.2 Å². The predicted molar refractivity (Wildman–Crippen MR) is 124 cm³/mol. The first kappa shape index (κ1) is 23.7. The van der Waals surface area contributed by atoms with Gasteiger partial charge in [0.15, 0.2) is 0 Å². The summed E-state index contributed by atoms with van der Waals surface area (Å²) in [6, 6.07) is 16.9. The molecule has 1 amide bonds. The topological polar surface area (TPSA) is 60.9 Å². The number of hydrogen-bond donors (Lipinski definition) is 0. The molecule has 2 aliphatic heterocycles. The first-order valence-electron chi connectivity index (χ1n) is 10.7. The van der Waals surface area contributed by atoms with Gasteiger partial charge >= 0.3 is 0 Å². The smallest absolute Gasteiger partial charge is 0.253 e. The molecule has 4 rings (SSSR count). The van der Waals surface area contributed by atoms with Crippen molar-refractivity contribution in [2.24, 2.45) is 0 Å². The van der Waals surface area contributed by atoms with Gasteiger partial charge in [-0.25, -0.2) is 8.42 Å². The fourth-order valence-corrected chi connectivity index (χ4v) is 5.74. The van der Waals surface area contributed by atoms with Crippen LogP contribution in [0.5, 0.6) is 0 Å². The standard InChI is InChI=1S/C23H29N3O3S.ClH/c27-23(25-16-14-24(15-17-25)19-20-8-3-1-4-9-20)21-10-7-11-22(18-21)30(28,29)26-12-5-2-6-13-26;/h1,3-4,7-11,18H,2,5-6,12-17,19H2;1H. The van der Waals surface area contributed by atoms with Crippen molar-refractivity contribution in [2.75, 3.05) is 39.3 Å². The molecule has 2 aromatic rings. The van der Waals surface area contributed by atoms with E-state index < -0.39 is 10.0 Å². The molecule has 0 N–H and O–H groups in total. The zero-order chi connectivity index (χ0) is 21.0. The number of nitrogens with zero attached hydrogens (tertiary/aromatic N) is 3. The van der Waals surface area contributed by atoms with Crippen LogP contribution in [0, 0.1) is 0 Å². The third-order valence-electron chi connectivity index (χ3n) is 5.94. The molecule has 0 spiro atoms. The number of carbonyl (C=O) groups excluding carboxylic acids is 1. The van der Waals surface area contributed by atoms with E-state index in [0.29, 0.717) is 31.7 Å². The number of piperidine rings is 1. The van der Waals surface area contributed by atoms with Gasteiger partial charge in [0.25, 0.3) is 5.91 Å². The average molecular weight is 464 g/mol. The van der Waals surface area contributed by atoms with E-state index >= 15 is 0 Å². The van der Waals surface area contributed by atoms with Crippen LogP contribution in [0.2, 0.25) is 0 Å². The molecule has 0 aromatic heterocycles. The number of amides is 1. The number of halogens is 1. The van der Waals surface area contributed by atoms with E-state index in [0.717, 1.165) is 38.9 Å². The molecule has 2 saturated heterocycles. The van der Waals surface area contributed by atoms with Crippen LogP contribution in [0.1, 0.15) is 35.2 Å². The summed E-state index contributed by atoms with van der Waals surface area (Å²) < 4.78 is 27.4. The van der Waals surface area contributed by atoms with Gasteiger partial charge in [0.1, 0.15) is 0 Å². The van der Waals surface area contributed by atoms with E-state index in [1.807, 2.05) is 23.1 Å². The van der Waals surface area contributed by atoms with Gasteiger partial charge in [-0.1, -0.05) is 42.8 Å². The minimum atomic E-state index is -3.54. The van der Waals surface area contributed by atoms with E-state index in [9.17, 15) is 13.2 Å². The minimum Gasteiger partial charge on any atom is -0.336 e. The van der Waals surface area contributed by atoms with Crippen molar-refractivity contribution in [3.63, 3.8) is 0 Å². The second kappa shape index (κ2) is 10.6. The van der Waals surface area contributed by atoms with Gasteiger partial charge in [-0.05, 0) is 36.6 Å². The lowest BCUT2D eigenvalue weighted by Crippen LogP contribution is -2.48. The van der Waals surface area contributed by atoms with Gasteiger partial charge in [0, 0.05) is 51.4 Å².